The minimum atomic E-state index is -0.656. The van der Waals surface area contributed by atoms with Crippen LogP contribution in [0.4, 0.5) is 10.1 Å². The first kappa shape index (κ1) is 19.8. The number of anilines is 1. The van der Waals surface area contributed by atoms with E-state index in [9.17, 15) is 14.0 Å². The summed E-state index contributed by atoms with van der Waals surface area (Å²) in [6.07, 6.45) is 0.945. The van der Waals surface area contributed by atoms with Crippen LogP contribution >= 0.6 is 11.6 Å². The molecule has 3 nitrogen and oxygen atoms in total. The second kappa shape index (κ2) is 7.10. The molecular formula is C24H23ClFNO2. The number of carbonyl (C=O) groups excluding carboxylic acids is 2. The van der Waals surface area contributed by atoms with Crippen LogP contribution in [0.5, 0.6) is 0 Å². The molecule has 0 spiro atoms. The monoisotopic (exact) mass is 411 g/mol. The number of carbonyl (C=O) groups is 2. The van der Waals surface area contributed by atoms with Crippen molar-refractivity contribution in [1.82, 2.24) is 0 Å². The number of ketones is 1. The number of halogens is 2. The lowest BCUT2D eigenvalue weighted by Crippen LogP contribution is -2.44. The van der Waals surface area contributed by atoms with Crippen LogP contribution in [0.1, 0.15) is 50.2 Å². The highest BCUT2D eigenvalue weighted by Crippen LogP contribution is 2.49. The zero-order chi connectivity index (χ0) is 20.9. The Morgan fingerprint density at radius 2 is 1.76 bits per heavy atom. The third-order valence-corrected chi connectivity index (χ3v) is 6.11. The maximum Gasteiger partial charge on any atom is 0.232 e. The highest BCUT2D eigenvalue weighted by molar-refractivity contribution is 6.31. The molecule has 1 aliphatic heterocycles. The Labute approximate surface area is 175 Å². The number of hydrogen-bond donors (Lipinski definition) is 0. The molecule has 0 aromatic heterocycles. The van der Waals surface area contributed by atoms with Gasteiger partial charge in [0, 0.05) is 46.3 Å². The first-order valence-electron chi connectivity index (χ1n) is 9.78. The summed E-state index contributed by atoms with van der Waals surface area (Å²) in [6.45, 7) is 6.02. The molecule has 29 heavy (non-hydrogen) atoms. The van der Waals surface area contributed by atoms with Crippen LogP contribution in [-0.2, 0) is 9.59 Å². The summed E-state index contributed by atoms with van der Waals surface area (Å²) in [5.41, 5.74) is 2.99. The minimum absolute atomic E-state index is 0.0134. The summed E-state index contributed by atoms with van der Waals surface area (Å²) in [5.74, 6) is -1.33. The van der Waals surface area contributed by atoms with Gasteiger partial charge >= 0.3 is 0 Å². The number of amides is 1. The van der Waals surface area contributed by atoms with Gasteiger partial charge in [-0.05, 0) is 43.0 Å². The van der Waals surface area contributed by atoms with Crippen LogP contribution in [0.25, 0.3) is 0 Å². The Morgan fingerprint density at radius 3 is 2.41 bits per heavy atom. The summed E-state index contributed by atoms with van der Waals surface area (Å²) in [7, 11) is 0. The summed E-state index contributed by atoms with van der Waals surface area (Å²) >= 11 is 6.32. The van der Waals surface area contributed by atoms with Crippen LogP contribution in [-0.4, -0.2) is 11.7 Å². The molecule has 1 unspecified atom stereocenters. The van der Waals surface area contributed by atoms with E-state index in [1.807, 2.05) is 45.0 Å². The van der Waals surface area contributed by atoms with Crippen LogP contribution in [0.15, 0.2) is 53.7 Å². The lowest BCUT2D eigenvalue weighted by molar-refractivity contribution is -0.121. The van der Waals surface area contributed by atoms with Crippen LogP contribution < -0.4 is 4.90 Å². The van der Waals surface area contributed by atoms with E-state index in [0.717, 1.165) is 11.3 Å². The molecule has 0 saturated heterocycles. The van der Waals surface area contributed by atoms with Crippen molar-refractivity contribution in [2.45, 2.75) is 46.0 Å². The number of benzene rings is 2. The smallest absolute Gasteiger partial charge is 0.232 e. The predicted molar refractivity (Wildman–Crippen MR) is 112 cm³/mol. The van der Waals surface area contributed by atoms with Gasteiger partial charge in [0.1, 0.15) is 5.82 Å². The molecule has 4 rings (SSSR count). The molecule has 0 saturated carbocycles. The molecule has 5 heteroatoms. The van der Waals surface area contributed by atoms with Crippen molar-refractivity contribution in [2.24, 2.45) is 5.41 Å². The van der Waals surface area contributed by atoms with Gasteiger partial charge in [-0.1, -0.05) is 49.2 Å². The maximum atomic E-state index is 14.7. The Bertz CT molecular complexity index is 1020. The number of allylic oxidation sites excluding steroid dienone is 2. The summed E-state index contributed by atoms with van der Waals surface area (Å²) in [6, 6.07) is 12.1. The Hall–Kier alpha value is -2.46. The third kappa shape index (κ3) is 3.51. The van der Waals surface area contributed by atoms with Crippen molar-refractivity contribution in [2.75, 3.05) is 4.90 Å². The van der Waals surface area contributed by atoms with Crippen molar-refractivity contribution in [3.8, 4) is 0 Å². The fourth-order valence-electron chi connectivity index (χ4n) is 4.50. The average molecular weight is 412 g/mol. The van der Waals surface area contributed by atoms with Gasteiger partial charge in [0.15, 0.2) is 5.78 Å². The van der Waals surface area contributed by atoms with Gasteiger partial charge in [-0.25, -0.2) is 4.39 Å². The topological polar surface area (TPSA) is 37.4 Å². The maximum absolute atomic E-state index is 14.7. The van der Waals surface area contributed by atoms with Gasteiger partial charge in [-0.2, -0.15) is 0 Å². The summed E-state index contributed by atoms with van der Waals surface area (Å²) in [4.78, 5) is 28.2. The van der Waals surface area contributed by atoms with Crippen LogP contribution in [0.2, 0.25) is 5.02 Å². The number of aryl methyl sites for hydroxylation is 1. The minimum Gasteiger partial charge on any atom is -0.294 e. The first-order valence-corrected chi connectivity index (χ1v) is 10.2. The SMILES string of the molecule is Cc1ccc(N2C(=O)CC(c3c(F)cccc3Cl)C3=C2CC(C)(C)CC3=O)cc1. The van der Waals surface area contributed by atoms with Crippen molar-refractivity contribution < 1.29 is 14.0 Å². The molecule has 1 aliphatic carbocycles. The van der Waals surface area contributed by atoms with Crippen LogP contribution in [0.3, 0.4) is 0 Å². The fourth-order valence-corrected chi connectivity index (χ4v) is 4.79. The number of rotatable bonds is 2. The molecule has 2 aliphatic rings. The molecule has 0 radical (unpaired) electrons. The highest BCUT2D eigenvalue weighted by Gasteiger charge is 2.45. The number of nitrogens with zero attached hydrogens (tertiary/aromatic N) is 1. The van der Waals surface area contributed by atoms with Crippen molar-refractivity contribution in [3.63, 3.8) is 0 Å². The molecule has 2 aromatic rings. The highest BCUT2D eigenvalue weighted by atomic mass is 35.5. The third-order valence-electron chi connectivity index (χ3n) is 5.78. The summed E-state index contributed by atoms with van der Waals surface area (Å²) < 4.78 is 14.7. The zero-order valence-electron chi connectivity index (χ0n) is 16.8. The fraction of sp³-hybridized carbons (Fsp3) is 0.333. The van der Waals surface area contributed by atoms with E-state index in [-0.39, 0.29) is 34.1 Å². The van der Waals surface area contributed by atoms with E-state index < -0.39 is 11.7 Å². The summed E-state index contributed by atoms with van der Waals surface area (Å²) in [5, 5.41) is 0.246. The van der Waals surface area contributed by atoms with Gasteiger partial charge in [-0.3, -0.25) is 14.5 Å². The van der Waals surface area contributed by atoms with E-state index in [1.165, 1.54) is 12.1 Å². The molecule has 2 aromatic carbocycles. The molecule has 1 atom stereocenters. The second-order valence-electron chi connectivity index (χ2n) is 8.76. The van der Waals surface area contributed by atoms with Crippen molar-refractivity contribution >= 4 is 29.0 Å². The zero-order valence-corrected chi connectivity index (χ0v) is 17.5. The molecule has 1 amide bonds. The van der Waals surface area contributed by atoms with E-state index in [4.69, 9.17) is 11.6 Å². The Kier molecular flexibility index (Phi) is 4.86. The second-order valence-corrected chi connectivity index (χ2v) is 9.17. The molecule has 0 fully saturated rings. The average Bonchev–Trinajstić information content (AvgIpc) is 2.61. The van der Waals surface area contributed by atoms with Crippen molar-refractivity contribution in [1.29, 1.82) is 0 Å². The van der Waals surface area contributed by atoms with Gasteiger partial charge < -0.3 is 0 Å². The Morgan fingerprint density at radius 1 is 1.07 bits per heavy atom. The van der Waals surface area contributed by atoms with E-state index >= 15 is 0 Å². The predicted octanol–water partition coefficient (Wildman–Crippen LogP) is 5.95. The van der Waals surface area contributed by atoms with E-state index in [1.54, 1.807) is 11.0 Å². The normalized spacial score (nSPS) is 21.4. The Balaban J connectivity index is 1.94. The molecule has 0 N–H and O–H groups in total. The number of hydrogen-bond acceptors (Lipinski definition) is 2. The van der Waals surface area contributed by atoms with Crippen molar-refractivity contribution in [3.05, 3.63) is 75.7 Å². The molecule has 150 valence electrons. The largest absolute Gasteiger partial charge is 0.294 e. The lowest BCUT2D eigenvalue weighted by atomic mass is 9.69. The van der Waals surface area contributed by atoms with Crippen LogP contribution in [0, 0.1) is 18.2 Å². The quantitative estimate of drug-likeness (QED) is 0.612. The lowest BCUT2D eigenvalue weighted by Gasteiger charge is -2.43. The standard InChI is InChI=1S/C24H23ClFNO2/c1-14-7-9-15(10-8-14)27-19-12-24(2,3)13-20(28)23(19)16(11-21(27)29)22-17(25)5-4-6-18(22)26/h4-10,16H,11-13H2,1-3H3. The van der Waals surface area contributed by atoms with E-state index in [0.29, 0.717) is 24.1 Å². The number of Topliss-reactive ketones (excluding diaryl/α,β-unsaturated/α-hetero) is 1. The van der Waals surface area contributed by atoms with Gasteiger partial charge in [0.25, 0.3) is 0 Å². The van der Waals surface area contributed by atoms with Gasteiger partial charge in [-0.15, -0.1) is 0 Å². The molecular weight excluding hydrogens is 389 g/mol. The molecule has 1 heterocycles. The molecule has 0 bridgehead atoms. The van der Waals surface area contributed by atoms with Gasteiger partial charge in [0.05, 0.1) is 0 Å². The van der Waals surface area contributed by atoms with Gasteiger partial charge in [0.2, 0.25) is 5.91 Å². The first-order chi connectivity index (χ1) is 13.7. The van der Waals surface area contributed by atoms with E-state index in [2.05, 4.69) is 0 Å².